The van der Waals surface area contributed by atoms with Crippen molar-refractivity contribution in [2.75, 3.05) is 12.4 Å². The standard InChI is InChI=1S/C20H21NO6/c1-12-4-7-16(19(24)26-3)10-17(12)21-18(23)13(2)27-20(25)15-8-5-14(11-22)6-9-15/h4-10,13,22H,11H2,1-3H3,(H,21,23). The van der Waals surface area contributed by atoms with Gasteiger partial charge in [0.1, 0.15) is 0 Å². The van der Waals surface area contributed by atoms with E-state index in [9.17, 15) is 14.4 Å². The fourth-order valence-electron chi connectivity index (χ4n) is 2.26. The van der Waals surface area contributed by atoms with E-state index in [1.807, 2.05) is 0 Å². The minimum atomic E-state index is -1.05. The smallest absolute Gasteiger partial charge is 0.338 e. The van der Waals surface area contributed by atoms with Gasteiger partial charge in [-0.2, -0.15) is 0 Å². The number of carbonyl (C=O) groups is 3. The summed E-state index contributed by atoms with van der Waals surface area (Å²) in [6, 6.07) is 11.0. The summed E-state index contributed by atoms with van der Waals surface area (Å²) >= 11 is 0. The molecule has 2 aromatic carbocycles. The number of carbonyl (C=O) groups excluding carboxylic acids is 3. The lowest BCUT2D eigenvalue weighted by atomic mass is 10.1. The van der Waals surface area contributed by atoms with Crippen molar-refractivity contribution in [3.63, 3.8) is 0 Å². The van der Waals surface area contributed by atoms with Crippen molar-refractivity contribution in [2.24, 2.45) is 0 Å². The molecule has 7 heteroatoms. The third kappa shape index (κ3) is 5.15. The van der Waals surface area contributed by atoms with Gasteiger partial charge in [-0.15, -0.1) is 0 Å². The third-order valence-electron chi connectivity index (χ3n) is 3.94. The first kappa shape index (κ1) is 20.1. The summed E-state index contributed by atoms with van der Waals surface area (Å²) < 4.78 is 9.84. The molecule has 1 amide bonds. The van der Waals surface area contributed by atoms with E-state index in [1.54, 1.807) is 31.2 Å². The lowest BCUT2D eigenvalue weighted by molar-refractivity contribution is -0.123. The maximum Gasteiger partial charge on any atom is 0.338 e. The van der Waals surface area contributed by atoms with Crippen LogP contribution in [0.2, 0.25) is 0 Å². The van der Waals surface area contributed by atoms with E-state index in [4.69, 9.17) is 9.84 Å². The Bertz CT molecular complexity index is 844. The van der Waals surface area contributed by atoms with Crippen molar-refractivity contribution >= 4 is 23.5 Å². The summed E-state index contributed by atoms with van der Waals surface area (Å²) in [5.41, 5.74) is 2.41. The van der Waals surface area contributed by atoms with E-state index in [1.165, 1.54) is 32.2 Å². The molecule has 0 spiro atoms. The number of ether oxygens (including phenoxy) is 2. The second kappa shape index (κ2) is 8.95. The van der Waals surface area contributed by atoms with Crippen LogP contribution in [-0.4, -0.2) is 36.2 Å². The highest BCUT2D eigenvalue weighted by Crippen LogP contribution is 2.18. The summed E-state index contributed by atoms with van der Waals surface area (Å²) in [6.07, 6.45) is -1.05. The molecule has 0 aliphatic carbocycles. The maximum absolute atomic E-state index is 12.3. The quantitative estimate of drug-likeness (QED) is 0.757. The number of aliphatic hydroxyl groups is 1. The van der Waals surface area contributed by atoms with Crippen LogP contribution in [-0.2, 0) is 20.9 Å². The molecule has 7 nitrogen and oxygen atoms in total. The van der Waals surface area contributed by atoms with Gasteiger partial charge in [0.15, 0.2) is 6.10 Å². The minimum absolute atomic E-state index is 0.127. The van der Waals surface area contributed by atoms with Gasteiger partial charge >= 0.3 is 11.9 Å². The SMILES string of the molecule is COC(=O)c1ccc(C)c(NC(=O)C(C)OC(=O)c2ccc(CO)cc2)c1. The monoisotopic (exact) mass is 371 g/mol. The fraction of sp³-hybridized carbons (Fsp3) is 0.250. The Hall–Kier alpha value is -3.19. The first-order valence-electron chi connectivity index (χ1n) is 8.26. The van der Waals surface area contributed by atoms with Crippen LogP contribution in [0.5, 0.6) is 0 Å². The Kier molecular flexibility index (Phi) is 6.67. The first-order valence-corrected chi connectivity index (χ1v) is 8.26. The van der Waals surface area contributed by atoms with Crippen LogP contribution in [0.4, 0.5) is 5.69 Å². The number of aryl methyl sites for hydroxylation is 1. The van der Waals surface area contributed by atoms with Crippen LogP contribution < -0.4 is 5.32 Å². The Balaban J connectivity index is 2.04. The second-order valence-corrected chi connectivity index (χ2v) is 5.91. The predicted octanol–water partition coefficient (Wildman–Crippen LogP) is 2.46. The number of aliphatic hydroxyl groups excluding tert-OH is 1. The van der Waals surface area contributed by atoms with Gasteiger partial charge in [-0.05, 0) is 49.2 Å². The molecule has 0 saturated heterocycles. The molecule has 142 valence electrons. The zero-order valence-electron chi connectivity index (χ0n) is 15.3. The van der Waals surface area contributed by atoms with Crippen LogP contribution in [0.15, 0.2) is 42.5 Å². The second-order valence-electron chi connectivity index (χ2n) is 5.91. The summed E-state index contributed by atoms with van der Waals surface area (Å²) in [5, 5.41) is 11.7. The predicted molar refractivity (Wildman–Crippen MR) is 98.4 cm³/mol. The van der Waals surface area contributed by atoms with Crippen LogP contribution in [0, 0.1) is 6.92 Å². The maximum atomic E-state index is 12.3. The molecule has 0 aliphatic rings. The van der Waals surface area contributed by atoms with Crippen molar-refractivity contribution in [2.45, 2.75) is 26.6 Å². The molecule has 0 radical (unpaired) electrons. The molecule has 2 aromatic rings. The summed E-state index contributed by atoms with van der Waals surface area (Å²) in [5.74, 6) is -1.70. The molecule has 1 unspecified atom stereocenters. The molecule has 2 N–H and O–H groups in total. The van der Waals surface area contributed by atoms with Crippen molar-refractivity contribution in [3.05, 3.63) is 64.7 Å². The van der Waals surface area contributed by atoms with Gasteiger partial charge < -0.3 is 19.9 Å². The Morgan fingerprint density at radius 1 is 1.04 bits per heavy atom. The molecule has 0 heterocycles. The Labute approximate surface area is 156 Å². The third-order valence-corrected chi connectivity index (χ3v) is 3.94. The van der Waals surface area contributed by atoms with Gasteiger partial charge in [0.25, 0.3) is 5.91 Å². The van der Waals surface area contributed by atoms with Crippen LogP contribution in [0.25, 0.3) is 0 Å². The van der Waals surface area contributed by atoms with Crippen molar-refractivity contribution < 1.29 is 29.0 Å². The fourth-order valence-corrected chi connectivity index (χ4v) is 2.26. The van der Waals surface area contributed by atoms with Gasteiger partial charge in [-0.3, -0.25) is 4.79 Å². The topological polar surface area (TPSA) is 102 Å². The number of amides is 1. The molecule has 1 atom stereocenters. The normalized spacial score (nSPS) is 11.4. The molecule has 27 heavy (non-hydrogen) atoms. The van der Waals surface area contributed by atoms with E-state index in [0.29, 0.717) is 16.8 Å². The molecule has 0 bridgehead atoms. The number of methoxy groups -OCH3 is 1. The summed E-state index contributed by atoms with van der Waals surface area (Å²) in [7, 11) is 1.27. The molecule has 2 rings (SSSR count). The molecular weight excluding hydrogens is 350 g/mol. The van der Waals surface area contributed by atoms with Crippen LogP contribution >= 0.6 is 0 Å². The number of rotatable bonds is 6. The minimum Gasteiger partial charge on any atom is -0.465 e. The van der Waals surface area contributed by atoms with Gasteiger partial charge in [-0.1, -0.05) is 18.2 Å². The van der Waals surface area contributed by atoms with Gasteiger partial charge in [0.2, 0.25) is 0 Å². The van der Waals surface area contributed by atoms with Crippen LogP contribution in [0.1, 0.15) is 38.8 Å². The van der Waals surface area contributed by atoms with E-state index in [-0.39, 0.29) is 12.2 Å². The molecule has 0 fully saturated rings. The number of nitrogens with one attached hydrogen (secondary N) is 1. The molecular formula is C20H21NO6. The van der Waals surface area contributed by atoms with Gasteiger partial charge in [0, 0.05) is 5.69 Å². The van der Waals surface area contributed by atoms with Gasteiger partial charge in [0.05, 0.1) is 24.8 Å². The number of hydrogen-bond acceptors (Lipinski definition) is 6. The molecule has 0 saturated carbocycles. The zero-order valence-corrected chi connectivity index (χ0v) is 15.3. The van der Waals surface area contributed by atoms with Crippen molar-refractivity contribution in [3.8, 4) is 0 Å². The summed E-state index contributed by atoms with van der Waals surface area (Å²) in [4.78, 5) is 36.1. The lowest BCUT2D eigenvalue weighted by Crippen LogP contribution is -2.30. The summed E-state index contributed by atoms with van der Waals surface area (Å²) in [6.45, 7) is 3.10. The molecule has 0 aliphatic heterocycles. The van der Waals surface area contributed by atoms with E-state index >= 15 is 0 Å². The van der Waals surface area contributed by atoms with Gasteiger partial charge in [-0.25, -0.2) is 9.59 Å². The van der Waals surface area contributed by atoms with E-state index in [2.05, 4.69) is 10.1 Å². The van der Waals surface area contributed by atoms with E-state index < -0.39 is 23.9 Å². The van der Waals surface area contributed by atoms with E-state index in [0.717, 1.165) is 5.56 Å². The van der Waals surface area contributed by atoms with Crippen molar-refractivity contribution in [1.82, 2.24) is 0 Å². The Morgan fingerprint density at radius 3 is 2.26 bits per heavy atom. The highest BCUT2D eigenvalue weighted by atomic mass is 16.5. The highest BCUT2D eigenvalue weighted by molar-refractivity contribution is 5.99. The van der Waals surface area contributed by atoms with Crippen molar-refractivity contribution in [1.29, 1.82) is 0 Å². The highest BCUT2D eigenvalue weighted by Gasteiger charge is 2.20. The molecule has 0 aromatic heterocycles. The average Bonchev–Trinajstić information content (AvgIpc) is 2.68. The lowest BCUT2D eigenvalue weighted by Gasteiger charge is -2.15. The zero-order chi connectivity index (χ0) is 20.0. The largest absolute Gasteiger partial charge is 0.465 e. The Morgan fingerprint density at radius 2 is 1.67 bits per heavy atom. The average molecular weight is 371 g/mol. The number of hydrogen-bond donors (Lipinski definition) is 2. The number of esters is 2. The first-order chi connectivity index (χ1) is 12.8. The van der Waals surface area contributed by atoms with Crippen LogP contribution in [0.3, 0.4) is 0 Å². The number of benzene rings is 2. The number of anilines is 1.